The molecule has 3 unspecified atom stereocenters. The van der Waals surface area contributed by atoms with Gasteiger partial charge in [0.05, 0.1) is 11.7 Å². The van der Waals surface area contributed by atoms with Crippen molar-refractivity contribution in [2.24, 2.45) is 10.8 Å². The second kappa shape index (κ2) is 6.36. The molecule has 0 saturated heterocycles. The minimum absolute atomic E-state index is 0.0603. The summed E-state index contributed by atoms with van der Waals surface area (Å²) in [6.07, 6.45) is 1.14. The zero-order chi connectivity index (χ0) is 17.3. The van der Waals surface area contributed by atoms with Crippen LogP contribution in [0.2, 0.25) is 0 Å². The fourth-order valence-electron chi connectivity index (χ4n) is 3.53. The molecule has 5 heteroatoms. The number of aliphatic hydroxyl groups is 1. The van der Waals surface area contributed by atoms with Gasteiger partial charge in [0, 0.05) is 32.2 Å². The maximum atomic E-state index is 12.4. The molecule has 1 aliphatic carbocycles. The number of carbonyl (C=O) groups is 1. The number of rotatable bonds is 6. The van der Waals surface area contributed by atoms with Crippen molar-refractivity contribution in [3.05, 3.63) is 0 Å². The summed E-state index contributed by atoms with van der Waals surface area (Å²) in [5, 5.41) is 12.5. The normalized spacial score (nSPS) is 28.7. The van der Waals surface area contributed by atoms with E-state index in [4.69, 9.17) is 4.74 Å². The monoisotopic (exact) mass is 314 g/mol. The van der Waals surface area contributed by atoms with Gasteiger partial charge in [-0.15, -0.1) is 0 Å². The van der Waals surface area contributed by atoms with Crippen molar-refractivity contribution in [2.75, 3.05) is 20.7 Å². The van der Waals surface area contributed by atoms with E-state index in [-0.39, 0.29) is 34.6 Å². The van der Waals surface area contributed by atoms with Crippen molar-refractivity contribution in [2.45, 2.75) is 72.1 Å². The number of nitrogens with one attached hydrogen (secondary N) is 1. The molecule has 0 aromatic heterocycles. The van der Waals surface area contributed by atoms with E-state index in [1.807, 2.05) is 7.05 Å². The highest BCUT2D eigenvalue weighted by Crippen LogP contribution is 2.53. The fourth-order valence-corrected chi connectivity index (χ4v) is 3.53. The van der Waals surface area contributed by atoms with Crippen LogP contribution in [0.25, 0.3) is 0 Å². The lowest BCUT2D eigenvalue weighted by molar-refractivity contribution is -0.198. The molecule has 0 bridgehead atoms. The summed E-state index contributed by atoms with van der Waals surface area (Å²) in [4.78, 5) is 14.2. The Kier molecular flexibility index (Phi) is 5.56. The van der Waals surface area contributed by atoms with Crippen LogP contribution >= 0.6 is 0 Å². The number of urea groups is 1. The molecule has 5 nitrogen and oxygen atoms in total. The van der Waals surface area contributed by atoms with Gasteiger partial charge in [-0.2, -0.15) is 0 Å². The third-order valence-corrected chi connectivity index (χ3v) is 5.58. The van der Waals surface area contributed by atoms with Crippen LogP contribution in [-0.4, -0.2) is 54.5 Å². The molecule has 0 aliphatic heterocycles. The quantitative estimate of drug-likeness (QED) is 0.792. The van der Waals surface area contributed by atoms with E-state index < -0.39 is 0 Å². The van der Waals surface area contributed by atoms with Gasteiger partial charge in [-0.1, -0.05) is 27.7 Å². The molecular weight excluding hydrogens is 280 g/mol. The number of nitrogens with zero attached hydrogens (tertiary/aromatic N) is 1. The van der Waals surface area contributed by atoms with Crippen LogP contribution in [0.4, 0.5) is 4.79 Å². The first kappa shape index (κ1) is 19.2. The lowest BCUT2D eigenvalue weighted by atomic mass is 9.55. The Morgan fingerprint density at radius 1 is 1.45 bits per heavy atom. The van der Waals surface area contributed by atoms with E-state index in [2.05, 4.69) is 39.9 Å². The zero-order valence-corrected chi connectivity index (χ0v) is 15.5. The Balaban J connectivity index is 2.57. The fraction of sp³-hybridized carbons (Fsp3) is 0.941. The first-order valence-electron chi connectivity index (χ1n) is 8.10. The summed E-state index contributed by atoms with van der Waals surface area (Å²) in [6, 6.07) is 0.104. The number of hydrogen-bond donors (Lipinski definition) is 2. The molecule has 2 amide bonds. The van der Waals surface area contributed by atoms with Crippen LogP contribution in [0.5, 0.6) is 0 Å². The molecular formula is C17H34N2O3. The Bertz CT molecular complexity index is 407. The van der Waals surface area contributed by atoms with Crippen molar-refractivity contribution in [3.8, 4) is 0 Å². The van der Waals surface area contributed by atoms with Crippen molar-refractivity contribution >= 4 is 6.03 Å². The average Bonchev–Trinajstić information content (AvgIpc) is 2.39. The molecule has 1 rings (SSSR count). The highest BCUT2D eigenvalue weighted by Gasteiger charge is 2.59. The first-order chi connectivity index (χ1) is 9.86. The van der Waals surface area contributed by atoms with Crippen molar-refractivity contribution in [1.29, 1.82) is 0 Å². The van der Waals surface area contributed by atoms with Crippen molar-refractivity contribution < 1.29 is 14.6 Å². The Hall–Kier alpha value is -0.810. The molecule has 130 valence electrons. The lowest BCUT2D eigenvalue weighted by Gasteiger charge is -2.61. The van der Waals surface area contributed by atoms with E-state index in [1.165, 1.54) is 0 Å². The van der Waals surface area contributed by atoms with Crippen molar-refractivity contribution in [1.82, 2.24) is 10.2 Å². The summed E-state index contributed by atoms with van der Waals surface area (Å²) < 4.78 is 5.62. The number of aliphatic hydroxyl groups excluding tert-OH is 1. The molecule has 0 aromatic carbocycles. The molecule has 0 radical (unpaired) electrons. The van der Waals surface area contributed by atoms with Gasteiger partial charge in [-0.25, -0.2) is 4.79 Å². The Morgan fingerprint density at radius 2 is 2.00 bits per heavy atom. The number of amides is 2. The number of ether oxygens (including phenoxy) is 1. The van der Waals surface area contributed by atoms with Crippen LogP contribution in [0.3, 0.4) is 0 Å². The second-order valence-electron chi connectivity index (χ2n) is 8.36. The van der Waals surface area contributed by atoms with Gasteiger partial charge < -0.3 is 20.1 Å². The highest BCUT2D eigenvalue weighted by atomic mass is 16.5. The van der Waals surface area contributed by atoms with Crippen LogP contribution in [0.1, 0.15) is 54.4 Å². The molecule has 22 heavy (non-hydrogen) atoms. The molecule has 0 spiro atoms. The van der Waals surface area contributed by atoms with Crippen LogP contribution in [-0.2, 0) is 4.74 Å². The van der Waals surface area contributed by atoms with Gasteiger partial charge in [0.1, 0.15) is 0 Å². The molecule has 1 aliphatic rings. The van der Waals surface area contributed by atoms with Crippen LogP contribution < -0.4 is 5.32 Å². The van der Waals surface area contributed by atoms with Gasteiger partial charge >= 0.3 is 6.03 Å². The summed E-state index contributed by atoms with van der Waals surface area (Å²) >= 11 is 0. The molecule has 2 N–H and O–H groups in total. The van der Waals surface area contributed by atoms with Crippen LogP contribution in [0, 0.1) is 10.8 Å². The van der Waals surface area contributed by atoms with Gasteiger partial charge in [-0.05, 0) is 32.1 Å². The van der Waals surface area contributed by atoms with E-state index in [9.17, 15) is 9.90 Å². The number of carbonyl (C=O) groups excluding carboxylic acids is 1. The molecule has 0 heterocycles. The van der Waals surface area contributed by atoms with Gasteiger partial charge in [0.15, 0.2) is 0 Å². The third kappa shape index (κ3) is 3.74. The minimum Gasteiger partial charge on any atom is -0.393 e. The Morgan fingerprint density at radius 3 is 2.41 bits per heavy atom. The SMILES string of the molecule is COC1(C)CC(N(C)C(=O)NCC(C)(C)CC(C)O)C1(C)C. The first-order valence-corrected chi connectivity index (χ1v) is 8.10. The highest BCUT2D eigenvalue weighted by molar-refractivity contribution is 5.74. The summed E-state index contributed by atoms with van der Waals surface area (Å²) in [5.41, 5.74) is -0.387. The van der Waals surface area contributed by atoms with Gasteiger partial charge in [-0.3, -0.25) is 0 Å². The van der Waals surface area contributed by atoms with E-state index >= 15 is 0 Å². The maximum Gasteiger partial charge on any atom is 0.317 e. The van der Waals surface area contributed by atoms with Gasteiger partial charge in [0.2, 0.25) is 0 Å². The Labute approximate surface area is 135 Å². The average molecular weight is 314 g/mol. The molecule has 1 saturated carbocycles. The summed E-state index contributed by atoms with van der Waals surface area (Å²) in [5.74, 6) is 0. The minimum atomic E-state index is -0.363. The molecule has 0 aromatic rings. The maximum absolute atomic E-state index is 12.4. The zero-order valence-electron chi connectivity index (χ0n) is 15.5. The molecule has 3 atom stereocenters. The van der Waals surface area contributed by atoms with E-state index in [1.54, 1.807) is 18.9 Å². The van der Waals surface area contributed by atoms with Crippen molar-refractivity contribution in [3.63, 3.8) is 0 Å². The second-order valence-corrected chi connectivity index (χ2v) is 8.36. The largest absolute Gasteiger partial charge is 0.393 e. The topological polar surface area (TPSA) is 61.8 Å². The predicted octanol–water partition coefficient (Wildman–Crippen LogP) is 2.63. The van der Waals surface area contributed by atoms with E-state index in [0.29, 0.717) is 13.0 Å². The van der Waals surface area contributed by atoms with Crippen LogP contribution in [0.15, 0.2) is 0 Å². The van der Waals surface area contributed by atoms with Gasteiger partial charge in [0.25, 0.3) is 0 Å². The number of hydrogen-bond acceptors (Lipinski definition) is 3. The number of methoxy groups -OCH3 is 1. The lowest BCUT2D eigenvalue weighted by Crippen LogP contribution is -2.69. The third-order valence-electron chi connectivity index (χ3n) is 5.58. The predicted molar refractivity (Wildman–Crippen MR) is 88.8 cm³/mol. The summed E-state index contributed by atoms with van der Waals surface area (Å²) in [6.45, 7) is 12.8. The smallest absolute Gasteiger partial charge is 0.317 e. The molecule has 1 fully saturated rings. The standard InChI is InChI=1S/C17H34N2O3/c1-12(20)9-15(2,3)11-18-14(21)19(7)13-10-17(6,22-8)16(13,4)5/h12-13,20H,9-11H2,1-8H3,(H,18,21). The summed E-state index contributed by atoms with van der Waals surface area (Å²) in [7, 11) is 3.58. The van der Waals surface area contributed by atoms with E-state index in [0.717, 1.165) is 6.42 Å².